The van der Waals surface area contributed by atoms with Gasteiger partial charge in [0.05, 0.1) is 71.6 Å². The van der Waals surface area contributed by atoms with E-state index in [9.17, 15) is 57.8 Å². The van der Waals surface area contributed by atoms with Gasteiger partial charge in [0.15, 0.2) is 0 Å². The van der Waals surface area contributed by atoms with Crippen molar-refractivity contribution in [3.05, 3.63) is 118 Å². The molecule has 0 aliphatic heterocycles. The second-order valence-corrected chi connectivity index (χ2v) is 21.4. The van der Waals surface area contributed by atoms with Crippen LogP contribution in [0.3, 0.4) is 0 Å². The largest absolute Gasteiger partial charge is 0.416 e. The molecule has 17 nitrogen and oxygen atoms in total. The van der Waals surface area contributed by atoms with Crippen molar-refractivity contribution in [1.82, 2.24) is 59.5 Å². The highest BCUT2D eigenvalue weighted by Crippen LogP contribution is 2.39. The van der Waals surface area contributed by atoms with Crippen LogP contribution in [0.25, 0.3) is 22.1 Å². The Bertz CT molecular complexity index is 3430. The van der Waals surface area contributed by atoms with Crippen molar-refractivity contribution >= 4 is 45.6 Å². The standard InChI is InChI=1S/C28H32F6N8.C17H25N3O.C11H9F6N5/c1-4-41(15-18-7-5-6-8-18)25-20(13-24-23(35-25)9-10-39(24)2)17-42(26-36-38-40(3)37-26)16-19-11-21(27(29,30)31)14-22(12-19)28(32,33)34;1-3-20(11-13-6-4-5-7-13)17-14(12-21)10-16-15(18-17)8-9-19(16)2;1-22-20-9(19-21-22)18-5-6-2-7(10(12,13)14)4-8(3-6)11(15,16)17/h9-14,18H,4-8,15-17H2,1-3H3;8-10,13,21H,3-7,11-12H2,1-2H3;2-4H,5H2,1H3,(H,18,20). The maximum absolute atomic E-state index is 13.6. The predicted octanol–water partition coefficient (Wildman–Crippen LogP) is 12.3. The number of nitrogens with zero attached hydrogens (tertiary/aromatic N) is 15. The van der Waals surface area contributed by atoms with Crippen LogP contribution >= 0.6 is 0 Å². The van der Waals surface area contributed by atoms with E-state index in [1.807, 2.05) is 56.2 Å². The number of tetrazole rings is 2. The highest BCUT2D eigenvalue weighted by Gasteiger charge is 2.39. The minimum atomic E-state index is -4.96. The number of alkyl halides is 12. The van der Waals surface area contributed by atoms with Gasteiger partial charge in [-0.3, -0.25) is 0 Å². The van der Waals surface area contributed by atoms with Crippen LogP contribution in [-0.4, -0.2) is 90.8 Å². The molecule has 2 aliphatic rings. The lowest BCUT2D eigenvalue weighted by atomic mass is 10.0. The number of anilines is 4. The molecule has 6 heterocycles. The smallest absolute Gasteiger partial charge is 0.392 e. The number of nitrogens with one attached hydrogen (secondary N) is 1. The van der Waals surface area contributed by atoms with E-state index in [2.05, 4.69) is 63.5 Å². The molecule has 2 N–H and O–H groups in total. The molecule has 10 rings (SSSR count). The molecule has 0 atom stereocenters. The Morgan fingerprint density at radius 2 is 0.953 bits per heavy atom. The summed E-state index contributed by atoms with van der Waals surface area (Å²) in [7, 11) is 6.89. The summed E-state index contributed by atoms with van der Waals surface area (Å²) in [6, 6.07) is 10.9. The summed E-state index contributed by atoms with van der Waals surface area (Å²) in [4.78, 5) is 18.2. The molecule has 2 aromatic carbocycles. The minimum Gasteiger partial charge on any atom is -0.392 e. The molecular formula is C56H66F12N16O. The number of aryl methyl sites for hydroxylation is 4. The van der Waals surface area contributed by atoms with Gasteiger partial charge in [-0.2, -0.15) is 62.3 Å². The zero-order valence-corrected chi connectivity index (χ0v) is 47.6. The van der Waals surface area contributed by atoms with Gasteiger partial charge in [0.2, 0.25) is 0 Å². The predicted molar refractivity (Wildman–Crippen MR) is 295 cm³/mol. The lowest BCUT2D eigenvalue weighted by Crippen LogP contribution is -2.32. The van der Waals surface area contributed by atoms with Gasteiger partial charge in [0.1, 0.15) is 11.6 Å². The van der Waals surface area contributed by atoms with Gasteiger partial charge < -0.3 is 34.3 Å². The molecule has 0 spiro atoms. The molecule has 0 amide bonds. The third-order valence-corrected chi connectivity index (χ3v) is 15.1. The number of fused-ring (bicyclic) bond motifs is 2. The molecule has 460 valence electrons. The van der Waals surface area contributed by atoms with Crippen molar-refractivity contribution in [2.24, 2.45) is 40.0 Å². The first-order chi connectivity index (χ1) is 40.1. The number of rotatable bonds is 17. The quantitative estimate of drug-likeness (QED) is 0.0828. The van der Waals surface area contributed by atoms with E-state index in [1.165, 1.54) is 62.3 Å². The van der Waals surface area contributed by atoms with Gasteiger partial charge in [-0.15, -0.1) is 10.2 Å². The summed E-state index contributed by atoms with van der Waals surface area (Å²) < 4.78 is 162. The highest BCUT2D eigenvalue weighted by molar-refractivity contribution is 5.80. The number of aliphatic hydroxyl groups excluding tert-OH is 1. The fraction of sp³-hybridized carbons (Fsp3) is 0.500. The highest BCUT2D eigenvalue weighted by atomic mass is 19.4. The average Bonchev–Trinajstić information content (AvgIpc) is 2.64. The summed E-state index contributed by atoms with van der Waals surface area (Å²) >= 11 is 0. The summed E-state index contributed by atoms with van der Waals surface area (Å²) in [5.74, 6) is 3.05. The molecule has 2 aliphatic carbocycles. The van der Waals surface area contributed by atoms with E-state index in [4.69, 9.17) is 9.97 Å². The van der Waals surface area contributed by atoms with E-state index >= 15 is 0 Å². The van der Waals surface area contributed by atoms with Crippen LogP contribution in [0, 0.1) is 11.8 Å². The molecule has 2 fully saturated rings. The van der Waals surface area contributed by atoms with Crippen LogP contribution in [0.4, 0.5) is 76.2 Å². The van der Waals surface area contributed by atoms with Crippen molar-refractivity contribution in [2.45, 2.75) is 116 Å². The van der Waals surface area contributed by atoms with Crippen molar-refractivity contribution in [1.29, 1.82) is 0 Å². The lowest BCUT2D eigenvalue weighted by Gasteiger charge is -2.29. The number of pyridine rings is 2. The molecular weight excluding hydrogens is 1140 g/mol. The third kappa shape index (κ3) is 16.2. The molecule has 0 bridgehead atoms. The van der Waals surface area contributed by atoms with Crippen LogP contribution in [-0.2, 0) is 79.1 Å². The first-order valence-electron chi connectivity index (χ1n) is 27.6. The van der Waals surface area contributed by atoms with Gasteiger partial charge in [0.25, 0.3) is 11.9 Å². The van der Waals surface area contributed by atoms with Gasteiger partial charge >= 0.3 is 24.7 Å². The van der Waals surface area contributed by atoms with Crippen LogP contribution in [0.5, 0.6) is 0 Å². The number of benzene rings is 2. The fourth-order valence-electron chi connectivity index (χ4n) is 10.7. The van der Waals surface area contributed by atoms with E-state index < -0.39 is 47.0 Å². The molecule has 0 saturated heterocycles. The molecule has 2 saturated carbocycles. The third-order valence-electron chi connectivity index (χ3n) is 15.1. The zero-order valence-electron chi connectivity index (χ0n) is 47.6. The molecule has 0 radical (unpaired) electrons. The van der Waals surface area contributed by atoms with Crippen molar-refractivity contribution < 1.29 is 57.8 Å². The molecule has 0 unspecified atom stereocenters. The Hall–Kier alpha value is -7.72. The maximum atomic E-state index is 13.6. The van der Waals surface area contributed by atoms with Gasteiger partial charge in [0, 0.05) is 76.9 Å². The zero-order chi connectivity index (χ0) is 61.6. The summed E-state index contributed by atoms with van der Waals surface area (Å²) in [6.45, 7) is 7.20. The summed E-state index contributed by atoms with van der Waals surface area (Å²) in [5, 5.41) is 35.1. The van der Waals surface area contributed by atoms with E-state index in [0.717, 1.165) is 100 Å². The van der Waals surface area contributed by atoms with E-state index in [1.54, 1.807) is 0 Å². The first-order valence-corrected chi connectivity index (χ1v) is 27.6. The number of hydrogen-bond donors (Lipinski definition) is 2. The Balaban J connectivity index is 0.000000183. The van der Waals surface area contributed by atoms with E-state index in [-0.39, 0.29) is 61.4 Å². The topological polar surface area (TPSA) is 165 Å². The van der Waals surface area contributed by atoms with Crippen LogP contribution in [0.15, 0.2) is 73.1 Å². The van der Waals surface area contributed by atoms with Gasteiger partial charge in [-0.1, -0.05) is 35.9 Å². The van der Waals surface area contributed by atoms with Crippen LogP contribution < -0.4 is 20.0 Å². The minimum absolute atomic E-state index is 0.00605. The summed E-state index contributed by atoms with van der Waals surface area (Å²) in [6.07, 6.45) is -5.73. The van der Waals surface area contributed by atoms with E-state index in [0.29, 0.717) is 24.6 Å². The second-order valence-electron chi connectivity index (χ2n) is 21.4. The average molecular weight is 1210 g/mol. The summed E-state index contributed by atoms with van der Waals surface area (Å²) in [5.41, 5.74) is -0.460. The Kier molecular flexibility index (Phi) is 19.6. The first kappa shape index (κ1) is 63.3. The monoisotopic (exact) mass is 1210 g/mol. The number of hydrogen-bond acceptors (Lipinski definition) is 13. The number of halogens is 12. The Labute approximate surface area is 481 Å². The SMILES string of the molecule is CCN(CC1CCCC1)c1nc2ccn(C)c2cc1CN(Cc1cc(C(F)(F)F)cc(C(F)(F)F)c1)c1nnn(C)n1.CCN(CC1CCCC1)c1nc2ccn(C)c2cc1CO.Cn1nnc(NCc2cc(C(F)(F)F)cc(C(F)(F)F)c2)n1. The Morgan fingerprint density at radius 3 is 1.35 bits per heavy atom. The van der Waals surface area contributed by atoms with Crippen LogP contribution in [0.2, 0.25) is 0 Å². The molecule has 8 aromatic rings. The number of aromatic nitrogens is 12. The molecule has 29 heteroatoms. The van der Waals surface area contributed by atoms with Gasteiger partial charge in [-0.05, 0) is 134 Å². The van der Waals surface area contributed by atoms with Crippen LogP contribution in [0.1, 0.15) is 110 Å². The molecule has 85 heavy (non-hydrogen) atoms. The van der Waals surface area contributed by atoms with Crippen molar-refractivity contribution in [3.63, 3.8) is 0 Å². The molecule has 6 aromatic heterocycles. The van der Waals surface area contributed by atoms with Crippen molar-refractivity contribution in [3.8, 4) is 0 Å². The van der Waals surface area contributed by atoms with Crippen molar-refractivity contribution in [2.75, 3.05) is 46.2 Å². The van der Waals surface area contributed by atoms with Gasteiger partial charge in [-0.25, -0.2) is 9.97 Å². The number of aliphatic hydroxyl groups is 1. The fourth-order valence-corrected chi connectivity index (χ4v) is 10.7. The Morgan fingerprint density at radius 1 is 0.529 bits per heavy atom. The second kappa shape index (κ2) is 26.3. The maximum Gasteiger partial charge on any atom is 0.416 e. The lowest BCUT2D eigenvalue weighted by molar-refractivity contribution is -0.144. The normalized spacial score (nSPS) is 14.4.